The molecule has 0 saturated heterocycles. The largest absolute Gasteiger partial charge is 0.351 e. The third-order valence-corrected chi connectivity index (χ3v) is 8.27. The number of benzene rings is 2. The quantitative estimate of drug-likeness (QED) is 0.310. The van der Waals surface area contributed by atoms with Crippen molar-refractivity contribution in [2.75, 3.05) is 11.4 Å². The zero-order valence-electron chi connectivity index (χ0n) is 17.0. The van der Waals surface area contributed by atoms with Gasteiger partial charge in [0.25, 0.3) is 0 Å². The highest BCUT2D eigenvalue weighted by Crippen LogP contribution is 2.33. The molecule has 0 spiro atoms. The van der Waals surface area contributed by atoms with Gasteiger partial charge in [0.05, 0.1) is 15.1 Å². The highest BCUT2D eigenvalue weighted by molar-refractivity contribution is 9.10. The van der Waals surface area contributed by atoms with Crippen molar-refractivity contribution in [3.63, 3.8) is 0 Å². The van der Waals surface area contributed by atoms with Crippen molar-refractivity contribution < 1.29 is 8.42 Å². The Morgan fingerprint density at radius 1 is 1.06 bits per heavy atom. The first-order valence-electron chi connectivity index (χ1n) is 9.91. The van der Waals surface area contributed by atoms with E-state index in [0.29, 0.717) is 13.1 Å². The lowest BCUT2D eigenvalue weighted by Crippen LogP contribution is -2.23. The molecule has 0 aliphatic heterocycles. The molecule has 3 aromatic heterocycles. The molecule has 0 aliphatic carbocycles. The zero-order chi connectivity index (χ0) is 22.3. The molecule has 0 saturated carbocycles. The number of hydrogen-bond donors (Lipinski definition) is 0. The summed E-state index contributed by atoms with van der Waals surface area (Å²) in [6.45, 7) is 3.42. The van der Waals surface area contributed by atoms with Gasteiger partial charge in [-0.15, -0.1) is 16.4 Å². The normalized spacial score (nSPS) is 11.9. The second kappa shape index (κ2) is 8.27. The molecular formula is C22H18BrN5O2S2. The molecule has 0 bridgehead atoms. The third-order valence-electron chi connectivity index (χ3n) is 5.18. The van der Waals surface area contributed by atoms with Gasteiger partial charge in [-0.05, 0) is 48.2 Å². The standard InChI is InChI=1S/C22H18BrN5O2S2/c1-2-27(14-15-6-4-3-5-7-15)20-19-18(12-13-31-19)28-21(24-20)22(25-26-28)32(29,30)17-10-8-16(23)9-11-17/h3-13H,2,14H2,1H3. The number of hydrogen-bond acceptors (Lipinski definition) is 7. The number of fused-ring (bicyclic) bond motifs is 3. The van der Waals surface area contributed by atoms with Crippen LogP contribution in [0.2, 0.25) is 0 Å². The van der Waals surface area contributed by atoms with E-state index in [4.69, 9.17) is 4.98 Å². The average Bonchev–Trinajstić information content (AvgIpc) is 3.45. The smallest absolute Gasteiger partial charge is 0.229 e. The maximum absolute atomic E-state index is 13.4. The van der Waals surface area contributed by atoms with E-state index in [1.165, 1.54) is 4.52 Å². The van der Waals surface area contributed by atoms with Crippen molar-refractivity contribution in [2.24, 2.45) is 0 Å². The highest BCUT2D eigenvalue weighted by Gasteiger charge is 2.28. The van der Waals surface area contributed by atoms with E-state index in [1.54, 1.807) is 35.6 Å². The summed E-state index contributed by atoms with van der Waals surface area (Å²) in [5.74, 6) is 0.725. The predicted molar refractivity (Wildman–Crippen MR) is 129 cm³/mol. The van der Waals surface area contributed by atoms with Crippen molar-refractivity contribution in [2.45, 2.75) is 23.4 Å². The molecule has 162 valence electrons. The van der Waals surface area contributed by atoms with Crippen molar-refractivity contribution in [1.82, 2.24) is 19.8 Å². The lowest BCUT2D eigenvalue weighted by molar-refractivity contribution is 0.592. The van der Waals surface area contributed by atoms with Crippen molar-refractivity contribution in [1.29, 1.82) is 0 Å². The maximum atomic E-state index is 13.4. The fourth-order valence-electron chi connectivity index (χ4n) is 3.56. The van der Waals surface area contributed by atoms with Crippen LogP contribution in [0, 0.1) is 0 Å². The van der Waals surface area contributed by atoms with Crippen LogP contribution in [0.4, 0.5) is 5.82 Å². The lowest BCUT2D eigenvalue weighted by Gasteiger charge is -2.23. The maximum Gasteiger partial charge on any atom is 0.229 e. The first-order valence-corrected chi connectivity index (χ1v) is 13.1. The third kappa shape index (κ3) is 3.58. The SMILES string of the molecule is CCN(Cc1ccccc1)c1nc2c(S(=O)(=O)c3ccc(Br)cc3)nnn2c2ccsc12. The first-order chi connectivity index (χ1) is 15.5. The molecule has 2 aromatic carbocycles. The second-order valence-electron chi connectivity index (χ2n) is 7.16. The van der Waals surface area contributed by atoms with E-state index >= 15 is 0 Å². The predicted octanol–water partition coefficient (Wildman–Crippen LogP) is 4.96. The Morgan fingerprint density at radius 3 is 2.53 bits per heavy atom. The number of sulfone groups is 1. The van der Waals surface area contributed by atoms with Crippen LogP contribution in [0.3, 0.4) is 0 Å². The molecule has 0 radical (unpaired) electrons. The van der Waals surface area contributed by atoms with Gasteiger partial charge in [0, 0.05) is 17.6 Å². The Bertz CT molecular complexity index is 1510. The van der Waals surface area contributed by atoms with Gasteiger partial charge in [0.2, 0.25) is 14.9 Å². The molecule has 0 atom stereocenters. The van der Waals surface area contributed by atoms with E-state index in [2.05, 4.69) is 50.2 Å². The number of anilines is 1. The summed E-state index contributed by atoms with van der Waals surface area (Å²) in [4.78, 5) is 7.08. The number of thiophene rings is 1. The van der Waals surface area contributed by atoms with Gasteiger partial charge >= 0.3 is 0 Å². The molecule has 32 heavy (non-hydrogen) atoms. The Hall–Kier alpha value is -2.82. The fraction of sp³-hybridized carbons (Fsp3) is 0.136. The molecule has 3 heterocycles. The summed E-state index contributed by atoms with van der Waals surface area (Å²) in [5, 5.41) is 9.99. The minimum Gasteiger partial charge on any atom is -0.351 e. The van der Waals surface area contributed by atoms with Crippen LogP contribution in [0.15, 0.2) is 80.4 Å². The molecule has 0 aliphatic rings. The molecule has 0 unspecified atom stereocenters. The summed E-state index contributed by atoms with van der Waals surface area (Å²) in [6, 6.07) is 18.5. The highest BCUT2D eigenvalue weighted by atomic mass is 79.9. The first kappa shape index (κ1) is 21.0. The van der Waals surface area contributed by atoms with Crippen LogP contribution >= 0.6 is 27.3 Å². The minimum absolute atomic E-state index is 0.147. The van der Waals surface area contributed by atoms with E-state index in [1.807, 2.05) is 29.6 Å². The topological polar surface area (TPSA) is 80.5 Å². The molecule has 0 amide bonds. The van der Waals surface area contributed by atoms with Crippen LogP contribution in [-0.4, -0.2) is 34.8 Å². The summed E-state index contributed by atoms with van der Waals surface area (Å²) >= 11 is 4.89. The Labute approximate surface area is 197 Å². The lowest BCUT2D eigenvalue weighted by atomic mass is 10.2. The molecule has 0 N–H and O–H groups in total. The number of nitrogens with zero attached hydrogens (tertiary/aromatic N) is 5. The molecule has 7 nitrogen and oxygen atoms in total. The molecule has 5 rings (SSSR count). The average molecular weight is 528 g/mol. The minimum atomic E-state index is -3.89. The molecule has 5 aromatic rings. The van der Waals surface area contributed by atoms with Gasteiger partial charge in [-0.3, -0.25) is 0 Å². The number of halogens is 1. The summed E-state index contributed by atoms with van der Waals surface area (Å²) < 4.78 is 30.0. The number of rotatable bonds is 6. The summed E-state index contributed by atoms with van der Waals surface area (Å²) in [5.41, 5.74) is 2.15. The number of aromatic nitrogens is 4. The van der Waals surface area contributed by atoms with E-state index in [9.17, 15) is 8.42 Å². The zero-order valence-corrected chi connectivity index (χ0v) is 20.2. The fourth-order valence-corrected chi connectivity index (χ4v) is 5.95. The van der Waals surface area contributed by atoms with Gasteiger partial charge in [-0.2, -0.15) is 4.52 Å². The molecule has 10 heteroatoms. The van der Waals surface area contributed by atoms with Gasteiger partial charge < -0.3 is 4.90 Å². The van der Waals surface area contributed by atoms with Crippen LogP contribution in [0.5, 0.6) is 0 Å². The van der Waals surface area contributed by atoms with Crippen LogP contribution < -0.4 is 4.90 Å². The Balaban J connectivity index is 1.69. The molecular weight excluding hydrogens is 510 g/mol. The summed E-state index contributed by atoms with van der Waals surface area (Å²) in [7, 11) is -3.89. The van der Waals surface area contributed by atoms with Crippen LogP contribution in [-0.2, 0) is 16.4 Å². The van der Waals surface area contributed by atoms with Crippen molar-refractivity contribution in [3.05, 3.63) is 76.1 Å². The van der Waals surface area contributed by atoms with Crippen molar-refractivity contribution >= 4 is 58.8 Å². The van der Waals surface area contributed by atoms with E-state index in [0.717, 1.165) is 26.1 Å². The van der Waals surface area contributed by atoms with Gasteiger partial charge in [0.1, 0.15) is 0 Å². The van der Waals surface area contributed by atoms with Crippen LogP contribution in [0.1, 0.15) is 12.5 Å². The van der Waals surface area contributed by atoms with Crippen LogP contribution in [0.25, 0.3) is 15.9 Å². The van der Waals surface area contributed by atoms with Gasteiger partial charge in [-0.25, -0.2) is 13.4 Å². The Kier molecular flexibility index (Phi) is 5.44. The van der Waals surface area contributed by atoms with Gasteiger partial charge in [-0.1, -0.05) is 51.5 Å². The van der Waals surface area contributed by atoms with E-state index < -0.39 is 9.84 Å². The Morgan fingerprint density at radius 2 is 1.81 bits per heavy atom. The summed E-state index contributed by atoms with van der Waals surface area (Å²) in [6.07, 6.45) is 0. The van der Waals surface area contributed by atoms with Gasteiger partial charge in [0.15, 0.2) is 11.5 Å². The monoisotopic (exact) mass is 527 g/mol. The second-order valence-corrected chi connectivity index (χ2v) is 10.9. The van der Waals surface area contributed by atoms with Crippen molar-refractivity contribution in [3.8, 4) is 0 Å². The molecule has 0 fully saturated rings. The van der Waals surface area contributed by atoms with E-state index in [-0.39, 0.29) is 15.6 Å².